The minimum atomic E-state index is 0.178. The third-order valence-electron chi connectivity index (χ3n) is 6.22. The molecule has 1 amide bonds. The van der Waals surface area contributed by atoms with Crippen LogP contribution >= 0.6 is 0 Å². The van der Waals surface area contributed by atoms with Crippen LogP contribution in [0.3, 0.4) is 0 Å². The van der Waals surface area contributed by atoms with Gasteiger partial charge in [0, 0.05) is 49.4 Å². The number of rotatable bonds is 2. The number of nitrogens with zero attached hydrogens (tertiary/aromatic N) is 2. The summed E-state index contributed by atoms with van der Waals surface area (Å²) >= 11 is 0. The predicted molar refractivity (Wildman–Crippen MR) is 103 cm³/mol. The fourth-order valence-corrected chi connectivity index (χ4v) is 4.72. The number of carbonyl (C=O) groups is 1. The molecule has 0 saturated carbocycles. The Balaban J connectivity index is 1.24. The van der Waals surface area contributed by atoms with Crippen LogP contribution in [0.15, 0.2) is 48.5 Å². The molecule has 0 bridgehead atoms. The first-order valence-corrected chi connectivity index (χ1v) is 9.64. The Labute approximate surface area is 154 Å². The zero-order chi connectivity index (χ0) is 17.6. The standard InChI is InChI=1S/C22H25N3O/c26-21(25-15-22(16-25)10-3-11-23-14-22)17-6-8-20(9-7-17)24-12-18-4-1-2-5-19(18)13-24/h1-2,4-9,23H,3,10-16H2. The van der Waals surface area contributed by atoms with Crippen molar-refractivity contribution in [3.63, 3.8) is 0 Å². The number of likely N-dealkylation sites (tertiary alicyclic amines) is 1. The summed E-state index contributed by atoms with van der Waals surface area (Å²) in [4.78, 5) is 17.1. The van der Waals surface area contributed by atoms with E-state index in [-0.39, 0.29) is 5.91 Å². The van der Waals surface area contributed by atoms with Gasteiger partial charge in [-0.15, -0.1) is 0 Å². The number of benzene rings is 2. The molecule has 0 unspecified atom stereocenters. The van der Waals surface area contributed by atoms with Crippen LogP contribution in [-0.2, 0) is 13.1 Å². The van der Waals surface area contributed by atoms with Crippen molar-refractivity contribution in [3.05, 3.63) is 65.2 Å². The second-order valence-corrected chi connectivity index (χ2v) is 8.11. The van der Waals surface area contributed by atoms with Gasteiger partial charge < -0.3 is 15.1 Å². The van der Waals surface area contributed by atoms with Gasteiger partial charge in [-0.25, -0.2) is 0 Å². The summed E-state index contributed by atoms with van der Waals surface area (Å²) in [5.74, 6) is 0.178. The Morgan fingerprint density at radius 3 is 2.27 bits per heavy atom. The Morgan fingerprint density at radius 2 is 1.65 bits per heavy atom. The highest BCUT2D eigenvalue weighted by atomic mass is 16.2. The van der Waals surface area contributed by atoms with Crippen LogP contribution in [0, 0.1) is 5.41 Å². The topological polar surface area (TPSA) is 35.6 Å². The lowest BCUT2D eigenvalue weighted by Crippen LogP contribution is -2.63. The number of nitrogens with one attached hydrogen (secondary N) is 1. The van der Waals surface area contributed by atoms with Gasteiger partial charge in [-0.2, -0.15) is 0 Å². The smallest absolute Gasteiger partial charge is 0.253 e. The molecule has 134 valence electrons. The van der Waals surface area contributed by atoms with E-state index in [2.05, 4.69) is 46.6 Å². The normalized spacial score (nSPS) is 20.8. The molecule has 3 aliphatic heterocycles. The van der Waals surface area contributed by atoms with Crippen LogP contribution in [0.4, 0.5) is 5.69 Å². The van der Waals surface area contributed by atoms with Crippen LogP contribution in [0.2, 0.25) is 0 Å². The Morgan fingerprint density at radius 1 is 0.962 bits per heavy atom. The fraction of sp³-hybridized carbons (Fsp3) is 0.409. The van der Waals surface area contributed by atoms with Gasteiger partial charge in [-0.1, -0.05) is 24.3 Å². The molecule has 4 nitrogen and oxygen atoms in total. The molecule has 0 radical (unpaired) electrons. The minimum absolute atomic E-state index is 0.178. The first-order chi connectivity index (χ1) is 12.7. The molecule has 3 aliphatic rings. The molecule has 2 saturated heterocycles. The molecule has 2 aromatic carbocycles. The summed E-state index contributed by atoms with van der Waals surface area (Å²) in [7, 11) is 0. The zero-order valence-electron chi connectivity index (χ0n) is 15.1. The third-order valence-corrected chi connectivity index (χ3v) is 6.22. The van der Waals surface area contributed by atoms with Crippen molar-refractivity contribution < 1.29 is 4.79 Å². The van der Waals surface area contributed by atoms with Crippen LogP contribution in [0.25, 0.3) is 0 Å². The Bertz CT molecular complexity index is 791. The highest BCUT2D eigenvalue weighted by molar-refractivity contribution is 5.95. The first-order valence-electron chi connectivity index (χ1n) is 9.64. The molecule has 0 atom stereocenters. The van der Waals surface area contributed by atoms with Crippen molar-refractivity contribution in [2.75, 3.05) is 31.1 Å². The maximum absolute atomic E-state index is 12.8. The molecule has 0 aliphatic carbocycles. The third kappa shape index (κ3) is 2.69. The number of anilines is 1. The first kappa shape index (κ1) is 15.9. The molecule has 4 heteroatoms. The van der Waals surface area contributed by atoms with Crippen molar-refractivity contribution in [1.29, 1.82) is 0 Å². The molecular weight excluding hydrogens is 322 g/mol. The average molecular weight is 347 g/mol. The maximum Gasteiger partial charge on any atom is 0.253 e. The number of piperidine rings is 1. The molecule has 1 N–H and O–H groups in total. The van der Waals surface area contributed by atoms with E-state index in [4.69, 9.17) is 0 Å². The van der Waals surface area contributed by atoms with E-state index < -0.39 is 0 Å². The van der Waals surface area contributed by atoms with Crippen LogP contribution in [0.5, 0.6) is 0 Å². The van der Waals surface area contributed by atoms with Gasteiger partial charge in [0.05, 0.1) is 0 Å². The minimum Gasteiger partial charge on any atom is -0.363 e. The second kappa shape index (κ2) is 6.13. The van der Waals surface area contributed by atoms with E-state index in [1.165, 1.54) is 29.7 Å². The van der Waals surface area contributed by atoms with Crippen LogP contribution in [0.1, 0.15) is 34.3 Å². The van der Waals surface area contributed by atoms with Crippen molar-refractivity contribution in [2.45, 2.75) is 25.9 Å². The van der Waals surface area contributed by atoms with E-state index >= 15 is 0 Å². The summed E-state index contributed by atoms with van der Waals surface area (Å²) in [5.41, 5.74) is 5.15. The number of carbonyl (C=O) groups excluding carboxylic acids is 1. The lowest BCUT2D eigenvalue weighted by Gasteiger charge is -2.52. The van der Waals surface area contributed by atoms with Crippen LogP contribution in [-0.4, -0.2) is 37.0 Å². The highest BCUT2D eigenvalue weighted by Gasteiger charge is 2.45. The largest absolute Gasteiger partial charge is 0.363 e. The SMILES string of the molecule is O=C(c1ccc(N2Cc3ccccc3C2)cc1)N1CC2(CCCNC2)C1. The zero-order valence-corrected chi connectivity index (χ0v) is 15.1. The molecular formula is C22H25N3O. The van der Waals surface area contributed by atoms with E-state index in [0.717, 1.165) is 44.8 Å². The molecule has 26 heavy (non-hydrogen) atoms. The van der Waals surface area contributed by atoms with E-state index in [0.29, 0.717) is 5.41 Å². The van der Waals surface area contributed by atoms with Gasteiger partial charge in [-0.05, 0) is 54.8 Å². The average Bonchev–Trinajstić information content (AvgIpc) is 3.10. The maximum atomic E-state index is 12.8. The summed E-state index contributed by atoms with van der Waals surface area (Å²) in [6, 6.07) is 16.8. The van der Waals surface area contributed by atoms with Crippen molar-refractivity contribution in [3.8, 4) is 0 Å². The van der Waals surface area contributed by atoms with E-state index in [1.54, 1.807) is 0 Å². The van der Waals surface area contributed by atoms with Crippen LogP contribution < -0.4 is 10.2 Å². The Kier molecular flexibility index (Phi) is 3.75. The van der Waals surface area contributed by atoms with E-state index in [1.807, 2.05) is 17.0 Å². The van der Waals surface area contributed by atoms with Gasteiger partial charge in [-0.3, -0.25) is 4.79 Å². The molecule has 1 spiro atoms. The predicted octanol–water partition coefficient (Wildman–Crippen LogP) is 3.03. The van der Waals surface area contributed by atoms with Crippen molar-refractivity contribution in [1.82, 2.24) is 10.2 Å². The summed E-state index contributed by atoms with van der Waals surface area (Å²) in [6.07, 6.45) is 2.48. The van der Waals surface area contributed by atoms with Gasteiger partial charge in [0.25, 0.3) is 5.91 Å². The van der Waals surface area contributed by atoms with Gasteiger partial charge in [0.15, 0.2) is 0 Å². The van der Waals surface area contributed by atoms with Gasteiger partial charge in [0.1, 0.15) is 0 Å². The Hall–Kier alpha value is -2.33. The van der Waals surface area contributed by atoms with Crippen molar-refractivity contribution >= 4 is 11.6 Å². The quantitative estimate of drug-likeness (QED) is 0.907. The molecule has 0 aromatic heterocycles. The van der Waals surface area contributed by atoms with Gasteiger partial charge in [0.2, 0.25) is 0 Å². The summed E-state index contributed by atoms with van der Waals surface area (Å²) in [5, 5.41) is 3.48. The summed E-state index contributed by atoms with van der Waals surface area (Å²) < 4.78 is 0. The van der Waals surface area contributed by atoms with Gasteiger partial charge >= 0.3 is 0 Å². The molecule has 2 aromatic rings. The number of amides is 1. The molecule has 3 heterocycles. The number of fused-ring (bicyclic) bond motifs is 1. The number of hydrogen-bond donors (Lipinski definition) is 1. The lowest BCUT2D eigenvalue weighted by atomic mass is 9.74. The highest BCUT2D eigenvalue weighted by Crippen LogP contribution is 2.37. The lowest BCUT2D eigenvalue weighted by molar-refractivity contribution is -0.00722. The fourth-order valence-electron chi connectivity index (χ4n) is 4.72. The summed E-state index contributed by atoms with van der Waals surface area (Å²) in [6.45, 7) is 5.89. The second-order valence-electron chi connectivity index (χ2n) is 8.11. The van der Waals surface area contributed by atoms with Crippen molar-refractivity contribution in [2.24, 2.45) is 5.41 Å². The molecule has 2 fully saturated rings. The molecule has 5 rings (SSSR count). The van der Waals surface area contributed by atoms with E-state index in [9.17, 15) is 4.79 Å². The monoisotopic (exact) mass is 347 g/mol. The number of hydrogen-bond acceptors (Lipinski definition) is 3.